The Kier molecular flexibility index (Phi) is 5.31. The maximum Gasteiger partial charge on any atom is 0.129 e. The first-order valence-electron chi connectivity index (χ1n) is 4.66. The molecule has 0 saturated heterocycles. The quantitative estimate of drug-likeness (QED) is 0.532. The van der Waals surface area contributed by atoms with Crippen molar-refractivity contribution in [3.05, 3.63) is 0 Å². The summed E-state index contributed by atoms with van der Waals surface area (Å²) in [5.74, 6) is 2.92. The molecule has 0 rings (SSSR count). The highest BCUT2D eigenvalue weighted by Crippen LogP contribution is 2.05. The lowest BCUT2D eigenvalue weighted by molar-refractivity contribution is 0.0811. The second-order valence-corrected chi connectivity index (χ2v) is 9.23. The average molecular weight is 200 g/mol. The van der Waals surface area contributed by atoms with E-state index in [0.717, 1.165) is 0 Å². The van der Waals surface area contributed by atoms with Gasteiger partial charge in [-0.3, -0.25) is 0 Å². The molecule has 2 N–H and O–H groups in total. The first kappa shape index (κ1) is 12.7. The van der Waals surface area contributed by atoms with Crippen LogP contribution in [0.25, 0.3) is 0 Å². The smallest absolute Gasteiger partial charge is 0.129 e. The lowest BCUT2D eigenvalue weighted by atomic mass is 10.0. The van der Waals surface area contributed by atoms with E-state index in [-0.39, 0.29) is 12.5 Å². The largest absolute Gasteiger partial charge is 0.396 e. The van der Waals surface area contributed by atoms with Gasteiger partial charge in [-0.1, -0.05) is 26.6 Å². The standard InChI is InChI=1S/C10H20O2Si/c1-9(8-11)10(12)6-5-7-13(2,3)4/h9-12H,6,8H2,1-4H3/t9-,10+/m1/s1. The predicted molar refractivity (Wildman–Crippen MR) is 58.0 cm³/mol. The number of hydrogen-bond acceptors (Lipinski definition) is 2. The number of aliphatic hydroxyl groups excluding tert-OH is 2. The van der Waals surface area contributed by atoms with Crippen molar-refractivity contribution in [1.82, 2.24) is 0 Å². The first-order valence-corrected chi connectivity index (χ1v) is 8.16. The molecule has 0 radical (unpaired) electrons. The molecule has 0 fully saturated rings. The molecule has 0 bridgehead atoms. The van der Waals surface area contributed by atoms with E-state index in [4.69, 9.17) is 5.11 Å². The lowest BCUT2D eigenvalue weighted by Gasteiger charge is -2.13. The summed E-state index contributed by atoms with van der Waals surface area (Å²) in [6, 6.07) is 0. The van der Waals surface area contributed by atoms with Crippen molar-refractivity contribution in [2.24, 2.45) is 5.92 Å². The van der Waals surface area contributed by atoms with Crippen LogP contribution in [0.2, 0.25) is 19.6 Å². The van der Waals surface area contributed by atoms with E-state index in [0.29, 0.717) is 6.42 Å². The zero-order valence-electron chi connectivity index (χ0n) is 8.96. The van der Waals surface area contributed by atoms with Crippen molar-refractivity contribution in [3.63, 3.8) is 0 Å². The number of aliphatic hydroxyl groups is 2. The van der Waals surface area contributed by atoms with E-state index in [1.54, 1.807) is 0 Å². The molecular weight excluding hydrogens is 180 g/mol. The summed E-state index contributed by atoms with van der Waals surface area (Å²) >= 11 is 0. The summed E-state index contributed by atoms with van der Waals surface area (Å²) in [4.78, 5) is 0. The molecule has 0 spiro atoms. The van der Waals surface area contributed by atoms with Crippen molar-refractivity contribution < 1.29 is 10.2 Å². The van der Waals surface area contributed by atoms with Crippen molar-refractivity contribution in [2.75, 3.05) is 6.61 Å². The zero-order valence-corrected chi connectivity index (χ0v) is 9.96. The van der Waals surface area contributed by atoms with Crippen LogP contribution in [0.5, 0.6) is 0 Å². The third kappa shape index (κ3) is 6.82. The van der Waals surface area contributed by atoms with E-state index in [9.17, 15) is 5.11 Å². The van der Waals surface area contributed by atoms with Crippen LogP contribution in [0, 0.1) is 17.4 Å². The summed E-state index contributed by atoms with van der Waals surface area (Å²) in [7, 11) is -1.30. The summed E-state index contributed by atoms with van der Waals surface area (Å²) in [5, 5.41) is 18.2. The van der Waals surface area contributed by atoms with Gasteiger partial charge in [0.15, 0.2) is 0 Å². The fourth-order valence-corrected chi connectivity index (χ4v) is 1.38. The summed E-state index contributed by atoms with van der Waals surface area (Å²) in [5.41, 5.74) is 3.18. The van der Waals surface area contributed by atoms with E-state index in [1.165, 1.54) is 0 Å². The van der Waals surface area contributed by atoms with Gasteiger partial charge in [-0.05, 0) is 0 Å². The predicted octanol–water partition coefficient (Wildman–Crippen LogP) is 1.25. The van der Waals surface area contributed by atoms with Gasteiger partial charge in [0, 0.05) is 18.9 Å². The van der Waals surface area contributed by atoms with Gasteiger partial charge in [-0.2, -0.15) is 0 Å². The third-order valence-electron chi connectivity index (χ3n) is 1.72. The minimum absolute atomic E-state index is 0.0236. The van der Waals surface area contributed by atoms with Crippen LogP contribution in [0.3, 0.4) is 0 Å². The fourth-order valence-electron chi connectivity index (χ4n) is 0.744. The van der Waals surface area contributed by atoms with Crippen LogP contribution >= 0.6 is 0 Å². The van der Waals surface area contributed by atoms with Crippen molar-refractivity contribution in [2.45, 2.75) is 39.1 Å². The molecule has 2 nitrogen and oxygen atoms in total. The van der Waals surface area contributed by atoms with Crippen LogP contribution in [-0.2, 0) is 0 Å². The average Bonchev–Trinajstić information content (AvgIpc) is 2.00. The minimum atomic E-state index is -1.30. The molecule has 0 aromatic rings. The molecule has 0 heterocycles. The first-order chi connectivity index (χ1) is 5.87. The Labute approximate surface area is 82.0 Å². The monoisotopic (exact) mass is 200 g/mol. The molecule has 0 aliphatic carbocycles. The van der Waals surface area contributed by atoms with Crippen LogP contribution in [-0.4, -0.2) is 31.0 Å². The molecule has 76 valence electrons. The Hall–Kier alpha value is -0.303. The number of hydrogen-bond donors (Lipinski definition) is 2. The van der Waals surface area contributed by atoms with Gasteiger partial charge in [0.25, 0.3) is 0 Å². The van der Waals surface area contributed by atoms with Gasteiger partial charge in [0.2, 0.25) is 0 Å². The van der Waals surface area contributed by atoms with Gasteiger partial charge in [0.1, 0.15) is 8.07 Å². The van der Waals surface area contributed by atoms with Crippen molar-refractivity contribution in [3.8, 4) is 11.5 Å². The highest BCUT2D eigenvalue weighted by molar-refractivity contribution is 6.83. The highest BCUT2D eigenvalue weighted by Gasteiger charge is 2.12. The van der Waals surface area contributed by atoms with E-state index >= 15 is 0 Å². The molecule has 0 amide bonds. The number of rotatable bonds is 3. The highest BCUT2D eigenvalue weighted by atomic mass is 28.3. The van der Waals surface area contributed by atoms with Crippen molar-refractivity contribution >= 4 is 8.07 Å². The van der Waals surface area contributed by atoms with Gasteiger partial charge in [-0.15, -0.1) is 11.5 Å². The zero-order chi connectivity index (χ0) is 10.5. The Morgan fingerprint density at radius 1 is 1.31 bits per heavy atom. The van der Waals surface area contributed by atoms with Gasteiger partial charge < -0.3 is 10.2 Å². The molecule has 0 aliphatic rings. The maximum absolute atomic E-state index is 9.47. The second kappa shape index (κ2) is 5.43. The molecule has 0 unspecified atom stereocenters. The minimum Gasteiger partial charge on any atom is -0.396 e. The van der Waals surface area contributed by atoms with Gasteiger partial charge >= 0.3 is 0 Å². The molecular formula is C10H20O2Si. The van der Waals surface area contributed by atoms with Gasteiger partial charge in [-0.25, -0.2) is 0 Å². The molecule has 2 atom stereocenters. The molecule has 0 aromatic heterocycles. The summed E-state index contributed by atoms with van der Waals surface area (Å²) < 4.78 is 0. The summed E-state index contributed by atoms with van der Waals surface area (Å²) in [6.07, 6.45) is -0.0136. The summed E-state index contributed by atoms with van der Waals surface area (Å²) in [6.45, 7) is 8.35. The van der Waals surface area contributed by atoms with E-state index in [2.05, 4.69) is 31.1 Å². The third-order valence-corrected chi connectivity index (χ3v) is 2.65. The lowest BCUT2D eigenvalue weighted by Crippen LogP contribution is -2.21. The van der Waals surface area contributed by atoms with Crippen LogP contribution in [0.1, 0.15) is 13.3 Å². The van der Waals surface area contributed by atoms with Crippen LogP contribution in [0.4, 0.5) is 0 Å². The molecule has 0 aliphatic heterocycles. The van der Waals surface area contributed by atoms with Crippen LogP contribution < -0.4 is 0 Å². The Bertz CT molecular complexity index is 197. The Balaban J connectivity index is 3.93. The molecule has 0 aromatic carbocycles. The Morgan fingerprint density at radius 3 is 2.23 bits per heavy atom. The fraction of sp³-hybridized carbons (Fsp3) is 0.800. The Morgan fingerprint density at radius 2 is 1.85 bits per heavy atom. The van der Waals surface area contributed by atoms with Gasteiger partial charge in [0.05, 0.1) is 6.10 Å². The molecule has 13 heavy (non-hydrogen) atoms. The normalized spacial score (nSPS) is 15.8. The van der Waals surface area contributed by atoms with Crippen LogP contribution in [0.15, 0.2) is 0 Å². The van der Waals surface area contributed by atoms with E-state index < -0.39 is 14.2 Å². The van der Waals surface area contributed by atoms with E-state index in [1.807, 2.05) is 6.92 Å². The SMILES string of the molecule is C[C@H](CO)[C@@H](O)CC#C[Si](C)(C)C. The maximum atomic E-state index is 9.47. The topological polar surface area (TPSA) is 40.5 Å². The van der Waals surface area contributed by atoms with Crippen molar-refractivity contribution in [1.29, 1.82) is 0 Å². The second-order valence-electron chi connectivity index (χ2n) is 4.48. The molecule has 3 heteroatoms. The molecule has 0 saturated carbocycles.